The molecule has 0 spiro atoms. The average molecular weight is 372 g/mol. The smallest absolute Gasteiger partial charge is 0.224 e. The van der Waals surface area contributed by atoms with Crippen molar-refractivity contribution in [1.82, 2.24) is 4.72 Å². The molecule has 1 rings (SSSR count). The Morgan fingerprint density at radius 3 is 2.28 bits per heavy atom. The molecule has 2 N–H and O–H groups in total. The minimum Gasteiger partial charge on any atom is -0.493 e. The fraction of sp³-hybridized carbons (Fsp3) is 0.588. The van der Waals surface area contributed by atoms with E-state index in [9.17, 15) is 13.2 Å². The van der Waals surface area contributed by atoms with E-state index in [2.05, 4.69) is 10.0 Å². The van der Waals surface area contributed by atoms with Gasteiger partial charge in [-0.15, -0.1) is 0 Å². The highest BCUT2D eigenvalue weighted by molar-refractivity contribution is 7.90. The molecule has 0 aliphatic rings. The number of methoxy groups -OCH3 is 2. The van der Waals surface area contributed by atoms with E-state index in [1.807, 2.05) is 0 Å². The predicted octanol–water partition coefficient (Wildman–Crippen LogP) is 2.53. The van der Waals surface area contributed by atoms with Crippen LogP contribution >= 0.6 is 0 Å². The lowest BCUT2D eigenvalue weighted by Crippen LogP contribution is -2.39. The first-order valence-corrected chi connectivity index (χ1v) is 9.60. The largest absolute Gasteiger partial charge is 0.493 e. The topological polar surface area (TPSA) is 93.7 Å². The van der Waals surface area contributed by atoms with Gasteiger partial charge in [-0.1, -0.05) is 0 Å². The molecular weight excluding hydrogens is 344 g/mol. The fourth-order valence-corrected chi connectivity index (χ4v) is 2.82. The predicted molar refractivity (Wildman–Crippen MR) is 98.7 cm³/mol. The number of amides is 1. The van der Waals surface area contributed by atoms with Crippen LogP contribution in [0.25, 0.3) is 0 Å². The molecule has 0 heterocycles. The van der Waals surface area contributed by atoms with Crippen LogP contribution in [0.1, 0.15) is 40.0 Å². The van der Waals surface area contributed by atoms with E-state index in [1.165, 1.54) is 7.11 Å². The molecule has 1 amide bonds. The molecule has 0 aliphatic heterocycles. The molecule has 1 aromatic rings. The van der Waals surface area contributed by atoms with Crippen LogP contribution < -0.4 is 19.5 Å². The zero-order chi connectivity index (χ0) is 19.1. The molecule has 0 unspecified atom stereocenters. The number of hydrogen-bond acceptors (Lipinski definition) is 5. The van der Waals surface area contributed by atoms with Gasteiger partial charge in [0.1, 0.15) is 0 Å². The molecule has 142 valence electrons. The van der Waals surface area contributed by atoms with Crippen molar-refractivity contribution in [2.24, 2.45) is 0 Å². The summed E-state index contributed by atoms with van der Waals surface area (Å²) in [5.41, 5.74) is 0.621. The second-order valence-electron chi connectivity index (χ2n) is 6.59. The maximum Gasteiger partial charge on any atom is 0.224 e. The van der Waals surface area contributed by atoms with E-state index < -0.39 is 14.8 Å². The summed E-state index contributed by atoms with van der Waals surface area (Å²) in [6.07, 6.45) is 1.49. The number of nitrogens with one attached hydrogen (secondary N) is 2. The van der Waals surface area contributed by atoms with E-state index in [-0.39, 0.29) is 5.91 Å². The summed E-state index contributed by atoms with van der Waals surface area (Å²) in [5, 5.41) is 2.79. The Morgan fingerprint density at radius 2 is 1.72 bits per heavy atom. The van der Waals surface area contributed by atoms with Crippen molar-refractivity contribution < 1.29 is 22.7 Å². The molecule has 0 atom stereocenters. The summed E-state index contributed by atoms with van der Waals surface area (Å²) >= 11 is 0. The first-order chi connectivity index (χ1) is 11.6. The lowest BCUT2D eigenvalue weighted by molar-refractivity contribution is -0.116. The number of unbranched alkanes of at least 4 members (excludes halogenated alkanes) is 1. The zero-order valence-corrected chi connectivity index (χ0v) is 16.3. The molecule has 0 fully saturated rings. The van der Waals surface area contributed by atoms with Crippen molar-refractivity contribution in [2.75, 3.05) is 26.1 Å². The minimum atomic E-state index is -3.34. The van der Waals surface area contributed by atoms with Crippen LogP contribution in [0.3, 0.4) is 0 Å². The van der Waals surface area contributed by atoms with Crippen LogP contribution in [0.5, 0.6) is 11.5 Å². The van der Waals surface area contributed by atoms with Crippen LogP contribution in [0.4, 0.5) is 5.69 Å². The number of ether oxygens (including phenoxy) is 2. The summed E-state index contributed by atoms with van der Waals surface area (Å²) in [5.74, 6) is 0.995. The highest BCUT2D eigenvalue weighted by Crippen LogP contribution is 2.29. The summed E-state index contributed by atoms with van der Waals surface area (Å²) in [4.78, 5) is 12.0. The molecule has 0 saturated heterocycles. The van der Waals surface area contributed by atoms with Crippen molar-refractivity contribution in [2.45, 2.75) is 44.8 Å². The van der Waals surface area contributed by atoms with Crippen molar-refractivity contribution in [3.05, 3.63) is 18.2 Å². The Hall–Kier alpha value is -1.80. The van der Waals surface area contributed by atoms with Gasteiger partial charge in [0.25, 0.3) is 0 Å². The maximum atomic E-state index is 12.0. The van der Waals surface area contributed by atoms with Crippen molar-refractivity contribution >= 4 is 21.6 Å². The van der Waals surface area contributed by atoms with Crippen LogP contribution in [0, 0.1) is 0 Å². The summed E-state index contributed by atoms with van der Waals surface area (Å²) in [6.45, 7) is 5.26. The number of hydrogen-bond donors (Lipinski definition) is 2. The van der Waals surface area contributed by atoms with Gasteiger partial charge in [-0.3, -0.25) is 4.79 Å². The van der Waals surface area contributed by atoms with E-state index >= 15 is 0 Å². The van der Waals surface area contributed by atoms with Gasteiger partial charge in [-0.2, -0.15) is 0 Å². The highest BCUT2D eigenvalue weighted by Gasteiger charge is 2.27. The van der Waals surface area contributed by atoms with Crippen LogP contribution in [0.2, 0.25) is 0 Å². The van der Waals surface area contributed by atoms with Crippen LogP contribution in [-0.2, 0) is 14.8 Å². The third kappa shape index (κ3) is 6.55. The maximum absolute atomic E-state index is 12.0. The van der Waals surface area contributed by atoms with E-state index in [4.69, 9.17) is 9.47 Å². The molecule has 0 radical (unpaired) electrons. The van der Waals surface area contributed by atoms with Gasteiger partial charge in [0.05, 0.1) is 19.0 Å². The van der Waals surface area contributed by atoms with E-state index in [1.54, 1.807) is 46.1 Å². The Morgan fingerprint density at radius 1 is 1.08 bits per heavy atom. The number of carbonyl (C=O) groups is 1. The van der Waals surface area contributed by atoms with E-state index in [0.717, 1.165) is 0 Å². The first-order valence-electron chi connectivity index (χ1n) is 8.12. The molecule has 0 aromatic heterocycles. The summed E-state index contributed by atoms with van der Waals surface area (Å²) < 4.78 is 35.8. The van der Waals surface area contributed by atoms with Crippen molar-refractivity contribution in [3.8, 4) is 11.5 Å². The molecule has 0 aliphatic carbocycles. The number of carbonyl (C=O) groups excluding carboxylic acids is 1. The Balaban J connectivity index is 2.39. The monoisotopic (exact) mass is 372 g/mol. The second-order valence-corrected chi connectivity index (χ2v) is 9.11. The van der Waals surface area contributed by atoms with Crippen molar-refractivity contribution in [3.63, 3.8) is 0 Å². The molecular formula is C17H28N2O5S. The van der Waals surface area contributed by atoms with Crippen molar-refractivity contribution in [1.29, 1.82) is 0 Å². The summed E-state index contributed by atoms with van der Waals surface area (Å²) in [7, 11) is -0.262. The molecule has 0 bridgehead atoms. The lowest BCUT2D eigenvalue weighted by atomic mass is 10.2. The lowest BCUT2D eigenvalue weighted by Gasteiger charge is -2.19. The Kier molecular flexibility index (Phi) is 7.69. The van der Waals surface area contributed by atoms with Gasteiger partial charge in [0, 0.05) is 24.7 Å². The Labute approximate surface area is 150 Å². The molecule has 1 aromatic carbocycles. The normalized spacial score (nSPS) is 11.9. The second kappa shape index (κ2) is 9.05. The van der Waals surface area contributed by atoms with Gasteiger partial charge in [0.15, 0.2) is 11.5 Å². The Bertz CT molecular complexity index is 681. The SMILES string of the molecule is COc1ccc(NC(=O)CCCCNS(=O)(=O)C(C)(C)C)cc1OC. The molecule has 25 heavy (non-hydrogen) atoms. The van der Waals surface area contributed by atoms with Crippen LogP contribution in [-0.4, -0.2) is 39.8 Å². The minimum absolute atomic E-state index is 0.133. The quantitative estimate of drug-likeness (QED) is 0.650. The third-order valence-corrected chi connectivity index (χ3v) is 5.79. The molecule has 7 nitrogen and oxygen atoms in total. The number of rotatable bonds is 9. The van der Waals surface area contributed by atoms with Gasteiger partial charge < -0.3 is 14.8 Å². The van der Waals surface area contributed by atoms with E-state index in [0.29, 0.717) is 43.0 Å². The molecule has 8 heteroatoms. The number of sulfonamides is 1. The summed E-state index contributed by atoms with van der Waals surface area (Å²) in [6, 6.07) is 5.14. The molecule has 0 saturated carbocycles. The zero-order valence-electron chi connectivity index (χ0n) is 15.5. The highest BCUT2D eigenvalue weighted by atomic mass is 32.2. The van der Waals surface area contributed by atoms with Crippen LogP contribution in [0.15, 0.2) is 18.2 Å². The number of anilines is 1. The van der Waals surface area contributed by atoms with Gasteiger partial charge >= 0.3 is 0 Å². The fourth-order valence-electron chi connectivity index (χ4n) is 1.97. The van der Waals surface area contributed by atoms with Gasteiger partial charge in [-0.05, 0) is 45.7 Å². The number of benzene rings is 1. The third-order valence-electron chi connectivity index (χ3n) is 3.60. The van der Waals surface area contributed by atoms with Gasteiger partial charge in [0.2, 0.25) is 15.9 Å². The standard InChI is InChI=1S/C17H28N2O5S/c1-17(2,3)25(21,22)18-11-7-6-8-16(20)19-13-9-10-14(23-4)15(12-13)24-5/h9-10,12,18H,6-8,11H2,1-5H3,(H,19,20). The average Bonchev–Trinajstić information content (AvgIpc) is 2.53. The first kappa shape index (κ1) is 21.2. The van der Waals surface area contributed by atoms with Gasteiger partial charge in [-0.25, -0.2) is 13.1 Å².